The van der Waals surface area contributed by atoms with Gasteiger partial charge in [0.25, 0.3) is 11.3 Å². The molecule has 6 nitrogen and oxygen atoms in total. The zero-order valence-corrected chi connectivity index (χ0v) is 12.3. The molecule has 0 spiro atoms. The van der Waals surface area contributed by atoms with Crippen molar-refractivity contribution in [1.82, 2.24) is 0 Å². The summed E-state index contributed by atoms with van der Waals surface area (Å²) in [4.78, 5) is 11.3. The van der Waals surface area contributed by atoms with E-state index in [2.05, 4.69) is 0 Å². The van der Waals surface area contributed by atoms with Crippen LogP contribution in [0.5, 0.6) is 5.75 Å². The van der Waals surface area contributed by atoms with Crippen molar-refractivity contribution < 1.29 is 23.4 Å². The van der Waals surface area contributed by atoms with Crippen LogP contribution in [0, 0.1) is 0 Å². The lowest BCUT2D eigenvalue weighted by Crippen LogP contribution is -2.42. The highest BCUT2D eigenvalue weighted by Gasteiger charge is 2.29. The van der Waals surface area contributed by atoms with E-state index in [9.17, 15) is 18.7 Å². The smallest absolute Gasteiger partial charge is 0.327 e. The van der Waals surface area contributed by atoms with Gasteiger partial charge in [-0.25, -0.2) is 9.00 Å². The third-order valence-corrected chi connectivity index (χ3v) is 3.70. The van der Waals surface area contributed by atoms with Crippen molar-refractivity contribution in [1.29, 1.82) is 0 Å². The topological polar surface area (TPSA) is 87.1 Å². The number of methoxy groups -OCH3 is 1. The predicted octanol–water partition coefficient (Wildman–Crippen LogP) is 2.28. The second kappa shape index (κ2) is 7.86. The van der Waals surface area contributed by atoms with Crippen molar-refractivity contribution in [2.45, 2.75) is 32.2 Å². The SMILES string of the molecule is CCCC[C@@H](C(=O)O)N(c1ccc(OC)cc1)S(=O)O. The Morgan fingerprint density at radius 3 is 2.40 bits per heavy atom. The molecule has 0 heterocycles. The number of anilines is 1. The van der Waals surface area contributed by atoms with E-state index in [-0.39, 0.29) is 0 Å². The molecule has 0 radical (unpaired) electrons. The zero-order chi connectivity index (χ0) is 15.1. The van der Waals surface area contributed by atoms with E-state index in [1.807, 2.05) is 6.92 Å². The molecular formula is C13H19NO5S. The van der Waals surface area contributed by atoms with Gasteiger partial charge in [0.1, 0.15) is 11.8 Å². The summed E-state index contributed by atoms with van der Waals surface area (Å²) < 4.78 is 26.9. The van der Waals surface area contributed by atoms with Gasteiger partial charge >= 0.3 is 5.97 Å². The highest BCUT2D eigenvalue weighted by atomic mass is 32.2. The highest BCUT2D eigenvalue weighted by molar-refractivity contribution is 7.80. The minimum Gasteiger partial charge on any atom is -0.497 e. The fourth-order valence-corrected chi connectivity index (χ4v) is 2.56. The van der Waals surface area contributed by atoms with Crippen molar-refractivity contribution >= 4 is 22.9 Å². The molecule has 1 unspecified atom stereocenters. The van der Waals surface area contributed by atoms with E-state index < -0.39 is 23.3 Å². The third kappa shape index (κ3) is 4.21. The molecule has 0 bridgehead atoms. The number of ether oxygens (including phenoxy) is 1. The van der Waals surface area contributed by atoms with Gasteiger partial charge in [-0.05, 0) is 30.7 Å². The second-order valence-electron chi connectivity index (χ2n) is 4.25. The van der Waals surface area contributed by atoms with Gasteiger partial charge in [-0.15, -0.1) is 0 Å². The maximum absolute atomic E-state index is 11.5. The highest BCUT2D eigenvalue weighted by Crippen LogP contribution is 2.24. The number of hydrogen-bond acceptors (Lipinski definition) is 3. The number of carboxylic acid groups (broad SMARTS) is 1. The van der Waals surface area contributed by atoms with Crippen LogP contribution >= 0.6 is 0 Å². The largest absolute Gasteiger partial charge is 0.497 e. The third-order valence-electron chi connectivity index (χ3n) is 2.89. The number of nitrogens with zero attached hydrogens (tertiary/aromatic N) is 1. The van der Waals surface area contributed by atoms with E-state index in [1.165, 1.54) is 7.11 Å². The number of carbonyl (C=O) groups is 1. The summed E-state index contributed by atoms with van der Waals surface area (Å²) in [5.74, 6) is -0.519. The van der Waals surface area contributed by atoms with Crippen molar-refractivity contribution in [3.8, 4) is 5.75 Å². The molecule has 1 rings (SSSR count). The molecule has 1 aromatic rings. The molecule has 0 amide bonds. The monoisotopic (exact) mass is 301 g/mol. The lowest BCUT2D eigenvalue weighted by Gasteiger charge is -2.26. The molecule has 2 atom stereocenters. The first kappa shape index (κ1) is 16.5. The Kier molecular flexibility index (Phi) is 6.47. The number of unbranched alkanes of at least 4 members (excludes halogenated alkanes) is 1. The number of carboxylic acids is 1. The summed E-state index contributed by atoms with van der Waals surface area (Å²) >= 11 is -2.41. The normalized spacial score (nSPS) is 13.6. The molecular weight excluding hydrogens is 282 g/mol. The van der Waals surface area contributed by atoms with Gasteiger partial charge in [0.05, 0.1) is 12.8 Å². The first-order chi connectivity index (χ1) is 9.51. The van der Waals surface area contributed by atoms with Crippen molar-refractivity contribution in [2.24, 2.45) is 0 Å². The molecule has 0 saturated carbocycles. The van der Waals surface area contributed by atoms with Gasteiger partial charge in [-0.1, -0.05) is 19.8 Å². The summed E-state index contributed by atoms with van der Waals surface area (Å²) in [7, 11) is 1.51. The minimum absolute atomic E-state index is 0.310. The van der Waals surface area contributed by atoms with Gasteiger partial charge in [-0.3, -0.25) is 8.86 Å². The van der Waals surface area contributed by atoms with Crippen molar-refractivity contribution in [3.63, 3.8) is 0 Å². The van der Waals surface area contributed by atoms with Crippen LogP contribution in [-0.4, -0.2) is 33.0 Å². The molecule has 0 saturated heterocycles. The van der Waals surface area contributed by atoms with E-state index in [1.54, 1.807) is 24.3 Å². The average molecular weight is 301 g/mol. The molecule has 0 aliphatic rings. The van der Waals surface area contributed by atoms with Gasteiger partial charge in [0, 0.05) is 0 Å². The van der Waals surface area contributed by atoms with Crippen molar-refractivity contribution in [2.75, 3.05) is 11.4 Å². The maximum atomic E-state index is 11.5. The molecule has 0 aliphatic carbocycles. The van der Waals surface area contributed by atoms with Crippen LogP contribution in [0.2, 0.25) is 0 Å². The average Bonchev–Trinajstić information content (AvgIpc) is 2.43. The summed E-state index contributed by atoms with van der Waals surface area (Å²) in [5.41, 5.74) is 0.370. The molecule has 2 N–H and O–H groups in total. The first-order valence-corrected chi connectivity index (χ1v) is 7.34. The lowest BCUT2D eigenvalue weighted by atomic mass is 10.1. The van der Waals surface area contributed by atoms with Crippen LogP contribution in [0.1, 0.15) is 26.2 Å². The predicted molar refractivity (Wildman–Crippen MR) is 77.2 cm³/mol. The number of hydrogen-bond donors (Lipinski definition) is 2. The number of aliphatic carboxylic acids is 1. The van der Waals surface area contributed by atoms with Gasteiger partial charge in [0.15, 0.2) is 0 Å². The Balaban J connectivity index is 3.06. The Morgan fingerprint density at radius 1 is 1.40 bits per heavy atom. The Morgan fingerprint density at radius 2 is 2.00 bits per heavy atom. The molecule has 20 heavy (non-hydrogen) atoms. The minimum atomic E-state index is -2.41. The standard InChI is InChI=1S/C13H19NO5S/c1-3-4-5-12(13(15)16)14(20(17)18)10-6-8-11(19-2)9-7-10/h6-9,12H,3-5H2,1-2H3,(H,15,16)(H,17,18)/t12-/m0/s1. The van der Waals surface area contributed by atoms with E-state index >= 15 is 0 Å². The summed E-state index contributed by atoms with van der Waals surface area (Å²) in [5, 5.41) is 9.27. The fraction of sp³-hybridized carbons (Fsp3) is 0.462. The Hall–Kier alpha value is -1.60. The summed E-state index contributed by atoms with van der Waals surface area (Å²) in [6.07, 6.45) is 1.79. The van der Waals surface area contributed by atoms with Crippen molar-refractivity contribution in [3.05, 3.63) is 24.3 Å². The lowest BCUT2D eigenvalue weighted by molar-refractivity contribution is -0.138. The molecule has 7 heteroatoms. The number of rotatable bonds is 8. The van der Waals surface area contributed by atoms with Crippen LogP contribution in [0.3, 0.4) is 0 Å². The van der Waals surface area contributed by atoms with Crippen LogP contribution in [0.4, 0.5) is 5.69 Å². The van der Waals surface area contributed by atoms with Crippen LogP contribution in [0.25, 0.3) is 0 Å². The van der Waals surface area contributed by atoms with Gasteiger partial charge in [0.2, 0.25) is 0 Å². The summed E-state index contributed by atoms with van der Waals surface area (Å²) in [6, 6.07) is 5.33. The van der Waals surface area contributed by atoms with E-state index in [0.717, 1.165) is 10.7 Å². The molecule has 0 aromatic heterocycles. The van der Waals surface area contributed by atoms with Crippen LogP contribution in [0.15, 0.2) is 24.3 Å². The van der Waals surface area contributed by atoms with Crippen LogP contribution < -0.4 is 9.04 Å². The molecule has 0 fully saturated rings. The number of benzene rings is 1. The van der Waals surface area contributed by atoms with Gasteiger partial charge in [-0.2, -0.15) is 0 Å². The first-order valence-electron chi connectivity index (χ1n) is 6.28. The molecule has 1 aromatic carbocycles. The second-order valence-corrected chi connectivity index (χ2v) is 5.11. The Bertz CT molecular complexity index is 462. The van der Waals surface area contributed by atoms with E-state index in [4.69, 9.17) is 4.74 Å². The quantitative estimate of drug-likeness (QED) is 0.719. The zero-order valence-electron chi connectivity index (χ0n) is 11.5. The van der Waals surface area contributed by atoms with E-state index in [0.29, 0.717) is 24.3 Å². The fourth-order valence-electron chi connectivity index (χ4n) is 1.85. The maximum Gasteiger partial charge on any atom is 0.327 e. The Labute approximate surface area is 120 Å². The van der Waals surface area contributed by atoms with Gasteiger partial charge < -0.3 is 9.84 Å². The van der Waals surface area contributed by atoms with Crippen LogP contribution in [-0.2, 0) is 16.1 Å². The molecule has 0 aliphatic heterocycles. The molecule has 112 valence electrons. The summed E-state index contributed by atoms with van der Waals surface area (Å²) in [6.45, 7) is 1.94.